The van der Waals surface area contributed by atoms with Crippen LogP contribution < -0.4 is 16.0 Å². The van der Waals surface area contributed by atoms with Crippen molar-refractivity contribution < 1.29 is 14.0 Å². The number of furan rings is 1. The van der Waals surface area contributed by atoms with E-state index < -0.39 is 0 Å². The third-order valence-corrected chi connectivity index (χ3v) is 4.66. The minimum atomic E-state index is -0.343. The van der Waals surface area contributed by atoms with E-state index in [1.807, 2.05) is 48.5 Å². The van der Waals surface area contributed by atoms with Gasteiger partial charge in [0.25, 0.3) is 5.91 Å². The Morgan fingerprint density at radius 1 is 0.710 bits per heavy atom. The molecule has 0 saturated heterocycles. The van der Waals surface area contributed by atoms with Crippen LogP contribution in [0.1, 0.15) is 16.1 Å². The van der Waals surface area contributed by atoms with Crippen molar-refractivity contribution in [3.8, 4) is 11.1 Å². The fourth-order valence-electron chi connectivity index (χ4n) is 3.14. The number of rotatable bonds is 6. The number of benzene rings is 3. The third-order valence-electron chi connectivity index (χ3n) is 4.66. The first-order valence-corrected chi connectivity index (χ1v) is 9.82. The summed E-state index contributed by atoms with van der Waals surface area (Å²) in [5.41, 5.74) is 3.68. The molecule has 3 amide bonds. The molecule has 0 aliphatic heterocycles. The first-order chi connectivity index (χ1) is 15.2. The van der Waals surface area contributed by atoms with E-state index in [2.05, 4.69) is 16.0 Å². The second-order valence-electron chi connectivity index (χ2n) is 6.83. The van der Waals surface area contributed by atoms with Crippen molar-refractivity contribution in [3.05, 3.63) is 109 Å². The molecule has 1 aromatic heterocycles. The predicted octanol–water partition coefficient (Wildman–Crippen LogP) is 5.52. The van der Waals surface area contributed by atoms with Gasteiger partial charge in [-0.2, -0.15) is 0 Å². The van der Waals surface area contributed by atoms with Crippen molar-refractivity contribution in [2.24, 2.45) is 0 Å². The maximum absolute atomic E-state index is 12.9. The van der Waals surface area contributed by atoms with Crippen molar-refractivity contribution in [1.82, 2.24) is 5.32 Å². The van der Waals surface area contributed by atoms with Crippen molar-refractivity contribution in [2.75, 3.05) is 10.6 Å². The quantitative estimate of drug-likeness (QED) is 0.391. The number of carbonyl (C=O) groups excluding carboxylic acids is 2. The molecule has 4 aromatic rings. The normalized spacial score (nSPS) is 10.3. The molecule has 0 radical (unpaired) electrons. The molecule has 0 atom stereocenters. The Bertz CT molecular complexity index is 1150. The van der Waals surface area contributed by atoms with Crippen LogP contribution in [-0.4, -0.2) is 11.9 Å². The molecule has 3 aromatic carbocycles. The average molecular weight is 411 g/mol. The molecule has 6 heteroatoms. The van der Waals surface area contributed by atoms with Crippen LogP contribution in [0.25, 0.3) is 11.1 Å². The molecule has 0 aliphatic rings. The summed E-state index contributed by atoms with van der Waals surface area (Å²) in [4.78, 5) is 24.9. The largest absolute Gasteiger partial charge is 0.467 e. The van der Waals surface area contributed by atoms with Crippen LogP contribution in [0.4, 0.5) is 16.2 Å². The standard InChI is InChI=1S/C25H21N3O3/c29-24(23-11-5-4-10-22(23)18-7-2-1-3-8-18)27-19-12-14-20(15-13-19)28-25(30)26-17-21-9-6-16-31-21/h1-16H,17H2,(H,27,29)(H2,26,28,30). The van der Waals surface area contributed by atoms with Crippen LogP contribution in [-0.2, 0) is 6.54 Å². The number of anilines is 2. The van der Waals surface area contributed by atoms with Crippen LogP contribution in [0.5, 0.6) is 0 Å². The van der Waals surface area contributed by atoms with E-state index in [0.717, 1.165) is 11.1 Å². The molecule has 31 heavy (non-hydrogen) atoms. The smallest absolute Gasteiger partial charge is 0.319 e. The third kappa shape index (κ3) is 5.19. The zero-order chi connectivity index (χ0) is 21.5. The Morgan fingerprint density at radius 3 is 2.10 bits per heavy atom. The first kappa shape index (κ1) is 20.0. The van der Waals surface area contributed by atoms with Gasteiger partial charge in [0.1, 0.15) is 5.76 Å². The lowest BCUT2D eigenvalue weighted by atomic mass is 9.99. The zero-order valence-corrected chi connectivity index (χ0v) is 16.7. The maximum Gasteiger partial charge on any atom is 0.319 e. The molecule has 1 heterocycles. The summed E-state index contributed by atoms with van der Waals surface area (Å²) in [7, 11) is 0. The number of amides is 3. The number of urea groups is 1. The summed E-state index contributed by atoms with van der Waals surface area (Å²) < 4.78 is 5.18. The fraction of sp³-hybridized carbons (Fsp3) is 0.0400. The van der Waals surface area contributed by atoms with Gasteiger partial charge in [-0.15, -0.1) is 0 Å². The van der Waals surface area contributed by atoms with E-state index in [9.17, 15) is 9.59 Å². The summed E-state index contributed by atoms with van der Waals surface area (Å²) in [6, 6.07) is 27.4. The molecule has 0 unspecified atom stereocenters. The molecule has 6 nitrogen and oxygen atoms in total. The van der Waals surface area contributed by atoms with Crippen LogP contribution >= 0.6 is 0 Å². The highest BCUT2D eigenvalue weighted by Gasteiger charge is 2.12. The van der Waals surface area contributed by atoms with E-state index >= 15 is 0 Å². The Kier molecular flexibility index (Phi) is 6.09. The molecule has 0 bridgehead atoms. The molecular formula is C25H21N3O3. The molecule has 0 saturated carbocycles. The summed E-state index contributed by atoms with van der Waals surface area (Å²) in [6.45, 7) is 0.299. The summed E-state index contributed by atoms with van der Waals surface area (Å²) >= 11 is 0. The molecule has 3 N–H and O–H groups in total. The van der Waals surface area contributed by atoms with Gasteiger partial charge in [0.05, 0.1) is 12.8 Å². The number of hydrogen-bond donors (Lipinski definition) is 3. The average Bonchev–Trinajstić information content (AvgIpc) is 3.33. The molecule has 0 aliphatic carbocycles. The van der Waals surface area contributed by atoms with Crippen LogP contribution in [0.3, 0.4) is 0 Å². The lowest BCUT2D eigenvalue weighted by Gasteiger charge is -2.11. The van der Waals surface area contributed by atoms with Gasteiger partial charge < -0.3 is 20.4 Å². The second kappa shape index (κ2) is 9.45. The maximum atomic E-state index is 12.9. The molecule has 154 valence electrons. The van der Waals surface area contributed by atoms with E-state index in [1.165, 1.54) is 0 Å². The van der Waals surface area contributed by atoms with Crippen LogP contribution in [0, 0.1) is 0 Å². The van der Waals surface area contributed by atoms with Gasteiger partial charge >= 0.3 is 6.03 Å². The SMILES string of the molecule is O=C(NCc1ccco1)Nc1ccc(NC(=O)c2ccccc2-c2ccccc2)cc1. The van der Waals surface area contributed by atoms with Gasteiger partial charge in [-0.3, -0.25) is 4.79 Å². The van der Waals surface area contributed by atoms with Gasteiger partial charge in [0.2, 0.25) is 0 Å². The Labute approximate surface area is 179 Å². The lowest BCUT2D eigenvalue weighted by molar-refractivity contribution is 0.102. The highest BCUT2D eigenvalue weighted by atomic mass is 16.3. The number of nitrogens with one attached hydrogen (secondary N) is 3. The van der Waals surface area contributed by atoms with Gasteiger partial charge in [-0.1, -0.05) is 48.5 Å². The fourth-order valence-corrected chi connectivity index (χ4v) is 3.14. The molecule has 0 fully saturated rings. The van der Waals surface area contributed by atoms with E-state index in [4.69, 9.17) is 4.42 Å². The van der Waals surface area contributed by atoms with Crippen molar-refractivity contribution >= 4 is 23.3 Å². The molecule has 0 spiro atoms. The van der Waals surface area contributed by atoms with Crippen molar-refractivity contribution in [1.29, 1.82) is 0 Å². The second-order valence-corrected chi connectivity index (χ2v) is 6.83. The first-order valence-electron chi connectivity index (χ1n) is 9.82. The van der Waals surface area contributed by atoms with Crippen LogP contribution in [0.15, 0.2) is 102 Å². The lowest BCUT2D eigenvalue weighted by Crippen LogP contribution is -2.27. The van der Waals surface area contributed by atoms with Gasteiger partial charge in [-0.05, 0) is 53.6 Å². The van der Waals surface area contributed by atoms with Crippen molar-refractivity contribution in [3.63, 3.8) is 0 Å². The van der Waals surface area contributed by atoms with Crippen LogP contribution in [0.2, 0.25) is 0 Å². The summed E-state index contributed by atoms with van der Waals surface area (Å²) in [5.74, 6) is 0.473. The Morgan fingerprint density at radius 2 is 1.39 bits per heavy atom. The summed E-state index contributed by atoms with van der Waals surface area (Å²) in [6.07, 6.45) is 1.56. The van der Waals surface area contributed by atoms with E-state index in [-0.39, 0.29) is 11.9 Å². The monoisotopic (exact) mass is 411 g/mol. The van der Waals surface area contributed by atoms with Gasteiger partial charge in [0.15, 0.2) is 0 Å². The van der Waals surface area contributed by atoms with E-state index in [0.29, 0.717) is 29.2 Å². The van der Waals surface area contributed by atoms with Gasteiger partial charge in [-0.25, -0.2) is 4.79 Å². The minimum absolute atomic E-state index is 0.198. The highest BCUT2D eigenvalue weighted by molar-refractivity contribution is 6.08. The Balaban J connectivity index is 1.38. The van der Waals surface area contributed by atoms with Gasteiger partial charge in [0, 0.05) is 16.9 Å². The Hall–Kier alpha value is -4.32. The molecular weight excluding hydrogens is 390 g/mol. The predicted molar refractivity (Wildman–Crippen MR) is 121 cm³/mol. The van der Waals surface area contributed by atoms with E-state index in [1.54, 1.807) is 48.7 Å². The minimum Gasteiger partial charge on any atom is -0.467 e. The summed E-state index contributed by atoms with van der Waals surface area (Å²) in [5, 5.41) is 8.37. The number of hydrogen-bond acceptors (Lipinski definition) is 3. The topological polar surface area (TPSA) is 83.4 Å². The molecule has 4 rings (SSSR count). The zero-order valence-electron chi connectivity index (χ0n) is 16.7. The highest BCUT2D eigenvalue weighted by Crippen LogP contribution is 2.24. The van der Waals surface area contributed by atoms with Crippen molar-refractivity contribution in [2.45, 2.75) is 6.54 Å². The number of carbonyl (C=O) groups is 2.